The van der Waals surface area contributed by atoms with Gasteiger partial charge in [0, 0.05) is 64.7 Å². The smallest absolute Gasteiger partial charge is 0.222 e. The van der Waals surface area contributed by atoms with Crippen molar-refractivity contribution in [3.63, 3.8) is 0 Å². The number of unbranched alkanes of at least 4 members (excludes halogenated alkanes) is 20. The molecule has 16 N–H and O–H groups in total. The predicted molar refractivity (Wildman–Crippen MR) is 498 cm³/mol. The lowest BCUT2D eigenvalue weighted by Gasteiger charge is -2.39. The van der Waals surface area contributed by atoms with E-state index in [1.165, 1.54) is 103 Å². The molecule has 0 saturated carbocycles. The Morgan fingerprint density at radius 1 is 0.358 bits per heavy atom. The van der Waals surface area contributed by atoms with E-state index in [0.717, 1.165) is 83.6 Å². The molecule has 16 atom stereocenters. The first kappa shape index (κ1) is 122. The molecule has 782 valence electrons. The number of nitrogens with zero attached hydrogens (tertiary/aromatic N) is 1. The third kappa shape index (κ3) is 56.3. The Balaban J connectivity index is 1.34. The monoisotopic (exact) mass is 1930 g/mol. The maximum Gasteiger partial charge on any atom is 0.222 e. The van der Waals surface area contributed by atoms with E-state index in [9.17, 15) is 80.5 Å². The SMILES string of the molecule is CCCCCC=CCC=CCCCCCCCCC1(CCCCCCCCC=CCC=CCCCCC)OC[C@H](CN(C)CCCCCC(=O)NC(COCCC(=O)NCCOCCOCCO[C@@H]2OC(CO)[C@@H](O)[C@H](O)C2O)(COCCC(=O)NCCOCCOCCO[C@@H]2OC(CO)[C@@H](O)[C@H](O)C2O)COCCC(=O)NCCOCCOCCO[C@@H]2OC(CO)[C@@H](O)[C@H](O)C2O)O1. The number of allylic oxidation sites excluding steroid dienone is 8. The van der Waals surface area contributed by atoms with Gasteiger partial charge in [-0.05, 0) is 103 Å². The van der Waals surface area contributed by atoms with E-state index in [0.29, 0.717) is 19.6 Å². The average molecular weight is 1930 g/mol. The Bertz CT molecular complexity index is 2760. The van der Waals surface area contributed by atoms with E-state index in [1.807, 2.05) is 0 Å². The van der Waals surface area contributed by atoms with Gasteiger partial charge < -0.3 is 168 Å². The summed E-state index contributed by atoms with van der Waals surface area (Å²) in [5.74, 6) is -2.00. The van der Waals surface area contributed by atoms with Crippen molar-refractivity contribution >= 4 is 23.6 Å². The van der Waals surface area contributed by atoms with E-state index < -0.39 is 123 Å². The highest BCUT2D eigenvalue weighted by molar-refractivity contribution is 5.77. The predicted octanol–water partition coefficient (Wildman–Crippen LogP) is 3.97. The molecule has 4 rings (SSSR count). The van der Waals surface area contributed by atoms with Gasteiger partial charge in [0.25, 0.3) is 0 Å². The molecule has 4 amide bonds. The van der Waals surface area contributed by atoms with Crippen LogP contribution >= 0.6 is 0 Å². The zero-order chi connectivity index (χ0) is 97.2. The minimum Gasteiger partial charge on any atom is -0.394 e. The molecule has 4 heterocycles. The molecular formula is C96H175N5O33. The lowest BCUT2D eigenvalue weighted by Crippen LogP contribution is -2.59. The van der Waals surface area contributed by atoms with Crippen LogP contribution in [0.25, 0.3) is 0 Å². The van der Waals surface area contributed by atoms with Gasteiger partial charge >= 0.3 is 0 Å². The maximum absolute atomic E-state index is 14.3. The Labute approximate surface area is 796 Å². The molecule has 38 heteroatoms. The van der Waals surface area contributed by atoms with Crippen LogP contribution in [0.5, 0.6) is 0 Å². The molecule has 0 bridgehead atoms. The number of amides is 4. The van der Waals surface area contributed by atoms with E-state index in [-0.39, 0.29) is 214 Å². The largest absolute Gasteiger partial charge is 0.394 e. The minimum atomic E-state index is -1.58. The number of aliphatic hydroxyl groups is 12. The molecule has 4 aliphatic heterocycles. The van der Waals surface area contributed by atoms with Crippen LogP contribution in [0.4, 0.5) is 0 Å². The quantitative estimate of drug-likeness (QED) is 0.0302. The van der Waals surface area contributed by atoms with Gasteiger partial charge in [0.1, 0.15) is 78.8 Å². The molecule has 38 nitrogen and oxygen atoms in total. The first-order valence-electron chi connectivity index (χ1n) is 49.8. The molecular weight excluding hydrogens is 1750 g/mol. The van der Waals surface area contributed by atoms with Crippen molar-refractivity contribution in [2.45, 2.75) is 335 Å². The molecule has 0 aromatic heterocycles. The second kappa shape index (κ2) is 79.2. The van der Waals surface area contributed by atoms with Gasteiger partial charge in [-0.1, -0.05) is 146 Å². The highest BCUT2D eigenvalue weighted by Crippen LogP contribution is 2.36. The van der Waals surface area contributed by atoms with E-state index >= 15 is 0 Å². The zero-order valence-electron chi connectivity index (χ0n) is 80.8. The molecule has 0 aromatic carbocycles. The van der Waals surface area contributed by atoms with Crippen molar-refractivity contribution in [2.75, 3.05) is 205 Å². The first-order valence-corrected chi connectivity index (χ1v) is 49.8. The van der Waals surface area contributed by atoms with E-state index in [2.05, 4.69) is 95.7 Å². The fraction of sp³-hybridized carbons (Fsp3) is 0.875. The van der Waals surface area contributed by atoms with Gasteiger partial charge in [-0.2, -0.15) is 0 Å². The van der Waals surface area contributed by atoms with Gasteiger partial charge in [-0.25, -0.2) is 0 Å². The number of carbonyl (C=O) groups is 4. The fourth-order valence-electron chi connectivity index (χ4n) is 15.3. The summed E-state index contributed by atoms with van der Waals surface area (Å²) in [6, 6.07) is 0. The summed E-state index contributed by atoms with van der Waals surface area (Å²) < 4.78 is 98.0. The van der Waals surface area contributed by atoms with Crippen LogP contribution in [-0.2, 0) is 99.7 Å². The Morgan fingerprint density at radius 3 is 1.03 bits per heavy atom. The van der Waals surface area contributed by atoms with Crippen LogP contribution < -0.4 is 21.3 Å². The number of nitrogens with one attached hydrogen (secondary N) is 4. The summed E-state index contributed by atoms with van der Waals surface area (Å²) in [7, 11) is 2.09. The number of likely N-dealkylation sites (N-methyl/N-ethyl adjacent to an activating group) is 1. The van der Waals surface area contributed by atoms with Gasteiger partial charge in [-0.3, -0.25) is 19.2 Å². The standard InChI is InChI=1S/C96H175N5O33/c1-4-6-8-10-12-14-16-18-20-22-24-26-28-30-32-36-43-96(44-37-33-31-29-27-25-23-21-19-17-15-13-11-9-7-5-2)130-71-75(134-96)67-101(3)48-38-34-35-39-82(108)100-95(72-124-49-40-79(105)97-45-52-118-55-58-121-61-64-127-92-89(115)86(112)83(109)76(68-102)131-92,73-125-50-41-80(106)98-46-53-119-56-59-122-62-65-128-93-90(116)87(113)84(110)77(69-103)132-93)74-126-51-42-81(107)99-47-54-120-57-60-123-63-66-129-94-91(117)88(114)85(111)78(70-104)133-94/h12-15,18-21,75-78,83-94,102-104,109-117H,4-11,16-17,22-74H2,1-3H3,(H,97,105)(H,98,106)(H,99,107)(H,100,108)/t75-,76?,77?,78?,83+,84+,85+,86-,87-,88-,89?,90?,91?,92+,93+,94+,95?,96?/m0/s1. The second-order valence-corrected chi connectivity index (χ2v) is 34.9. The molecule has 0 radical (unpaired) electrons. The number of aliphatic hydroxyl groups excluding tert-OH is 12. The summed E-state index contributed by atoms with van der Waals surface area (Å²) in [5, 5.41) is 131. The fourth-order valence-corrected chi connectivity index (χ4v) is 15.3. The molecule has 4 saturated heterocycles. The highest BCUT2D eigenvalue weighted by Gasteiger charge is 2.47. The molecule has 0 aromatic rings. The maximum atomic E-state index is 14.3. The van der Waals surface area contributed by atoms with Gasteiger partial charge in [0.2, 0.25) is 23.6 Å². The number of hydrogen-bond donors (Lipinski definition) is 16. The van der Waals surface area contributed by atoms with Crippen molar-refractivity contribution in [1.29, 1.82) is 0 Å². The molecule has 4 fully saturated rings. The van der Waals surface area contributed by atoms with Gasteiger partial charge in [0.05, 0.1) is 171 Å². The summed E-state index contributed by atoms with van der Waals surface area (Å²) in [6.07, 6.45) is 29.4. The van der Waals surface area contributed by atoms with E-state index in [1.54, 1.807) is 0 Å². The average Bonchev–Trinajstić information content (AvgIpc) is 1.32. The van der Waals surface area contributed by atoms with Crippen LogP contribution in [0.1, 0.15) is 226 Å². The zero-order valence-corrected chi connectivity index (χ0v) is 80.8. The highest BCUT2D eigenvalue weighted by atomic mass is 16.8. The van der Waals surface area contributed by atoms with Crippen LogP contribution in [-0.4, -0.2) is 404 Å². The van der Waals surface area contributed by atoms with Crippen molar-refractivity contribution in [2.24, 2.45) is 0 Å². The summed E-state index contributed by atoms with van der Waals surface area (Å²) in [5.41, 5.74) is -1.41. The van der Waals surface area contributed by atoms with E-state index in [4.69, 9.17) is 80.5 Å². The first-order chi connectivity index (χ1) is 65.2. The number of carbonyl (C=O) groups excluding carboxylic acids is 4. The van der Waals surface area contributed by atoms with Crippen LogP contribution in [0.2, 0.25) is 0 Å². The topological polar surface area (TPSA) is 519 Å². The van der Waals surface area contributed by atoms with Gasteiger partial charge in [0.15, 0.2) is 24.7 Å². The summed E-state index contributed by atoms with van der Waals surface area (Å²) in [4.78, 5) is 56.1. The Morgan fingerprint density at radius 2 is 0.679 bits per heavy atom. The normalized spacial score (nSPS) is 25.1. The van der Waals surface area contributed by atoms with Gasteiger partial charge in [-0.15, -0.1) is 0 Å². The minimum absolute atomic E-state index is 0.0405. The molecule has 0 spiro atoms. The Kier molecular flexibility index (Phi) is 72.1. The third-order valence-electron chi connectivity index (χ3n) is 23.2. The number of rotatable bonds is 87. The summed E-state index contributed by atoms with van der Waals surface area (Å²) in [6.45, 7) is 5.65. The van der Waals surface area contributed by atoms with Crippen molar-refractivity contribution in [3.05, 3.63) is 48.6 Å². The Hall–Kier alpha value is -4.36. The second-order valence-electron chi connectivity index (χ2n) is 34.9. The van der Waals surface area contributed by atoms with Crippen LogP contribution in [0.3, 0.4) is 0 Å². The molecule has 6 unspecified atom stereocenters. The van der Waals surface area contributed by atoms with Crippen molar-refractivity contribution < 1.29 is 161 Å². The van der Waals surface area contributed by atoms with Crippen LogP contribution in [0, 0.1) is 0 Å². The third-order valence-corrected chi connectivity index (χ3v) is 23.2. The molecule has 0 aliphatic carbocycles. The lowest BCUT2D eigenvalue weighted by molar-refractivity contribution is -0.302. The van der Waals surface area contributed by atoms with Crippen molar-refractivity contribution in [1.82, 2.24) is 26.2 Å². The molecule has 4 aliphatic rings. The number of hydrogen-bond acceptors (Lipinski definition) is 34. The van der Waals surface area contributed by atoms with Crippen molar-refractivity contribution in [3.8, 4) is 0 Å². The molecule has 134 heavy (non-hydrogen) atoms. The van der Waals surface area contributed by atoms with Crippen LogP contribution in [0.15, 0.2) is 48.6 Å². The lowest BCUT2D eigenvalue weighted by atomic mass is 9.98. The summed E-state index contributed by atoms with van der Waals surface area (Å²) >= 11 is 0. The number of ether oxygens (including phenoxy) is 17.